The Morgan fingerprint density at radius 3 is 2.57 bits per heavy atom. The molecule has 0 bridgehead atoms. The average Bonchev–Trinajstić information content (AvgIpc) is 3.56. The molecule has 0 radical (unpaired) electrons. The lowest BCUT2D eigenvalue weighted by atomic mass is 10.1. The zero-order chi connectivity index (χ0) is 24.6. The van der Waals surface area contributed by atoms with E-state index in [2.05, 4.69) is 15.2 Å². The van der Waals surface area contributed by atoms with Gasteiger partial charge in [-0.05, 0) is 48.0 Å². The second kappa shape index (κ2) is 11.3. The van der Waals surface area contributed by atoms with Gasteiger partial charge in [-0.1, -0.05) is 12.1 Å². The van der Waals surface area contributed by atoms with Crippen LogP contribution in [-0.4, -0.2) is 30.0 Å². The average molecular weight is 480 g/mol. The Bertz CT molecular complexity index is 1240. The van der Waals surface area contributed by atoms with E-state index in [1.165, 1.54) is 18.4 Å². The number of halogens is 1. The minimum atomic E-state index is -0.365. The maximum Gasteiger partial charge on any atom is 0.273 e. The first kappa shape index (κ1) is 24.0. The molecule has 35 heavy (non-hydrogen) atoms. The molecule has 1 N–H and O–H groups in total. The minimum absolute atomic E-state index is 0.173. The Morgan fingerprint density at radius 2 is 1.86 bits per heavy atom. The molecular formula is C26H26FN3O5. The number of benzene rings is 2. The number of nitrogens with one attached hydrogen (secondary N) is 1. The summed E-state index contributed by atoms with van der Waals surface area (Å²) in [5.41, 5.74) is 1.99. The number of ether oxygens (including phenoxy) is 2. The topological polar surface area (TPSA) is 90.0 Å². The standard InChI is InChI=1S/C26H26FN3O5/c1-32-21-9-10-24(33-2)19(12-21)15-30(14-18-5-7-20(27)8-6-18)16-25-29-23(17-35-25)26(31)28-13-22-4-3-11-34-22/h3-12,17H,13-16H2,1-2H3,(H,28,31). The molecule has 9 heteroatoms. The van der Waals surface area contributed by atoms with Crippen LogP contribution in [0.5, 0.6) is 11.5 Å². The van der Waals surface area contributed by atoms with Gasteiger partial charge >= 0.3 is 0 Å². The van der Waals surface area contributed by atoms with E-state index in [9.17, 15) is 9.18 Å². The molecular weight excluding hydrogens is 453 g/mol. The van der Waals surface area contributed by atoms with Crippen molar-refractivity contribution in [1.82, 2.24) is 15.2 Å². The van der Waals surface area contributed by atoms with E-state index in [0.717, 1.165) is 11.1 Å². The third kappa shape index (κ3) is 6.48. The van der Waals surface area contributed by atoms with Crippen molar-refractivity contribution in [2.75, 3.05) is 14.2 Å². The Labute approximate surface area is 202 Å². The van der Waals surface area contributed by atoms with E-state index in [-0.39, 0.29) is 24.0 Å². The van der Waals surface area contributed by atoms with Gasteiger partial charge in [-0.15, -0.1) is 0 Å². The molecule has 0 aliphatic rings. The van der Waals surface area contributed by atoms with Gasteiger partial charge in [-0.3, -0.25) is 9.69 Å². The third-order valence-corrected chi connectivity index (χ3v) is 5.35. The van der Waals surface area contributed by atoms with Crippen molar-refractivity contribution in [3.8, 4) is 11.5 Å². The van der Waals surface area contributed by atoms with Crippen LogP contribution in [0.4, 0.5) is 4.39 Å². The molecule has 0 saturated carbocycles. The fraction of sp³-hybridized carbons (Fsp3) is 0.231. The smallest absolute Gasteiger partial charge is 0.273 e. The first-order valence-electron chi connectivity index (χ1n) is 11.0. The number of carbonyl (C=O) groups excluding carboxylic acids is 1. The number of carbonyl (C=O) groups is 1. The summed E-state index contributed by atoms with van der Waals surface area (Å²) in [6.45, 7) is 1.52. The van der Waals surface area contributed by atoms with E-state index in [4.69, 9.17) is 18.3 Å². The highest BCUT2D eigenvalue weighted by Crippen LogP contribution is 2.26. The van der Waals surface area contributed by atoms with Crippen molar-refractivity contribution < 1.29 is 27.5 Å². The van der Waals surface area contributed by atoms with Crippen molar-refractivity contribution in [2.24, 2.45) is 0 Å². The van der Waals surface area contributed by atoms with Gasteiger partial charge in [-0.2, -0.15) is 0 Å². The second-order valence-corrected chi connectivity index (χ2v) is 7.84. The van der Waals surface area contributed by atoms with E-state index in [1.807, 2.05) is 18.2 Å². The first-order valence-corrected chi connectivity index (χ1v) is 11.0. The van der Waals surface area contributed by atoms with Crippen LogP contribution in [0.25, 0.3) is 0 Å². The van der Waals surface area contributed by atoms with Gasteiger partial charge in [0.2, 0.25) is 5.89 Å². The van der Waals surface area contributed by atoms with Gasteiger partial charge in [-0.25, -0.2) is 9.37 Å². The van der Waals surface area contributed by atoms with E-state index >= 15 is 0 Å². The number of nitrogens with zero attached hydrogens (tertiary/aromatic N) is 2. The summed E-state index contributed by atoms with van der Waals surface area (Å²) in [4.78, 5) is 18.9. The predicted octanol–water partition coefficient (Wildman–Crippen LogP) is 4.56. The molecule has 0 fully saturated rings. The van der Waals surface area contributed by atoms with Crippen LogP contribution >= 0.6 is 0 Å². The Morgan fingerprint density at radius 1 is 1.03 bits per heavy atom. The minimum Gasteiger partial charge on any atom is -0.497 e. The number of oxazole rings is 1. The van der Waals surface area contributed by atoms with Crippen LogP contribution in [-0.2, 0) is 26.2 Å². The van der Waals surface area contributed by atoms with Gasteiger partial charge in [0, 0.05) is 18.7 Å². The van der Waals surface area contributed by atoms with Gasteiger partial charge in [0.1, 0.15) is 29.3 Å². The highest BCUT2D eigenvalue weighted by atomic mass is 19.1. The summed E-state index contributed by atoms with van der Waals surface area (Å²) < 4.78 is 35.1. The van der Waals surface area contributed by atoms with Crippen molar-refractivity contribution in [2.45, 2.75) is 26.2 Å². The number of furan rings is 1. The van der Waals surface area contributed by atoms with Crippen molar-refractivity contribution in [1.29, 1.82) is 0 Å². The van der Waals surface area contributed by atoms with Crippen LogP contribution in [0, 0.1) is 5.82 Å². The molecule has 2 heterocycles. The fourth-order valence-electron chi connectivity index (χ4n) is 3.61. The summed E-state index contributed by atoms with van der Waals surface area (Å²) in [5.74, 6) is 1.76. The molecule has 4 rings (SSSR count). The van der Waals surface area contributed by atoms with Gasteiger partial charge < -0.3 is 23.6 Å². The van der Waals surface area contributed by atoms with Crippen LogP contribution in [0.2, 0.25) is 0 Å². The van der Waals surface area contributed by atoms with Gasteiger partial charge in [0.05, 0.1) is 33.6 Å². The maximum absolute atomic E-state index is 13.4. The molecule has 2 aromatic carbocycles. The molecule has 2 aromatic heterocycles. The van der Waals surface area contributed by atoms with E-state index in [0.29, 0.717) is 42.8 Å². The second-order valence-electron chi connectivity index (χ2n) is 7.84. The Hall–Kier alpha value is -4.11. The summed E-state index contributed by atoms with van der Waals surface area (Å²) in [5, 5.41) is 2.75. The zero-order valence-corrected chi connectivity index (χ0v) is 19.5. The van der Waals surface area contributed by atoms with Crippen LogP contribution in [0.15, 0.2) is 76.0 Å². The third-order valence-electron chi connectivity index (χ3n) is 5.35. The van der Waals surface area contributed by atoms with E-state index < -0.39 is 0 Å². The Balaban J connectivity index is 1.50. The Kier molecular flexibility index (Phi) is 7.79. The molecule has 0 aliphatic heterocycles. The van der Waals surface area contributed by atoms with Crippen molar-refractivity contribution in [3.63, 3.8) is 0 Å². The number of aromatic nitrogens is 1. The van der Waals surface area contributed by atoms with Crippen molar-refractivity contribution in [3.05, 3.63) is 101 Å². The first-order chi connectivity index (χ1) is 17.0. The molecule has 1 amide bonds. The summed E-state index contributed by atoms with van der Waals surface area (Å²) in [6, 6.07) is 15.4. The quantitative estimate of drug-likeness (QED) is 0.337. The van der Waals surface area contributed by atoms with Gasteiger partial charge in [0.15, 0.2) is 5.69 Å². The lowest BCUT2D eigenvalue weighted by Gasteiger charge is -2.22. The normalized spacial score (nSPS) is 11.0. The van der Waals surface area contributed by atoms with Gasteiger partial charge in [0.25, 0.3) is 5.91 Å². The molecule has 0 atom stereocenters. The van der Waals surface area contributed by atoms with Crippen molar-refractivity contribution >= 4 is 5.91 Å². The maximum atomic E-state index is 13.4. The molecule has 0 aliphatic carbocycles. The van der Waals surface area contributed by atoms with Crippen LogP contribution < -0.4 is 14.8 Å². The lowest BCUT2D eigenvalue weighted by molar-refractivity contribution is 0.0943. The molecule has 0 unspecified atom stereocenters. The number of hydrogen-bond acceptors (Lipinski definition) is 7. The summed E-state index contributed by atoms with van der Waals surface area (Å²) >= 11 is 0. The van der Waals surface area contributed by atoms with E-state index in [1.54, 1.807) is 44.7 Å². The zero-order valence-electron chi connectivity index (χ0n) is 19.5. The lowest BCUT2D eigenvalue weighted by Crippen LogP contribution is -2.24. The molecule has 0 spiro atoms. The summed E-state index contributed by atoms with van der Waals surface area (Å²) in [6.07, 6.45) is 2.87. The number of hydrogen-bond donors (Lipinski definition) is 1. The number of methoxy groups -OCH3 is 2. The SMILES string of the molecule is COc1ccc(OC)c(CN(Cc2ccc(F)cc2)Cc2nc(C(=O)NCc3ccco3)co2)c1. The van der Waals surface area contributed by atoms with Crippen LogP contribution in [0.3, 0.4) is 0 Å². The fourth-order valence-corrected chi connectivity index (χ4v) is 3.61. The highest BCUT2D eigenvalue weighted by molar-refractivity contribution is 5.91. The molecule has 4 aromatic rings. The number of amides is 1. The number of rotatable bonds is 11. The highest BCUT2D eigenvalue weighted by Gasteiger charge is 2.18. The predicted molar refractivity (Wildman–Crippen MR) is 125 cm³/mol. The molecule has 8 nitrogen and oxygen atoms in total. The monoisotopic (exact) mass is 479 g/mol. The molecule has 0 saturated heterocycles. The molecule has 182 valence electrons. The van der Waals surface area contributed by atoms with Crippen LogP contribution in [0.1, 0.15) is 33.3 Å². The summed E-state index contributed by atoms with van der Waals surface area (Å²) in [7, 11) is 3.21. The largest absolute Gasteiger partial charge is 0.497 e.